The van der Waals surface area contributed by atoms with E-state index >= 15 is 0 Å². The normalized spacial score (nSPS) is 15.4. The topological polar surface area (TPSA) is 75.6 Å². The monoisotopic (exact) mass is 353 g/mol. The Morgan fingerprint density at radius 1 is 1.04 bits per heavy atom. The first-order chi connectivity index (χ1) is 12.6. The second kappa shape index (κ2) is 8.04. The molecule has 0 saturated heterocycles. The van der Waals surface area contributed by atoms with Gasteiger partial charge in [0.25, 0.3) is 0 Å². The van der Waals surface area contributed by atoms with Crippen molar-refractivity contribution >= 4 is 11.9 Å². The molecule has 2 aromatic carbocycles. The van der Waals surface area contributed by atoms with Crippen LogP contribution < -0.4 is 10.1 Å². The van der Waals surface area contributed by atoms with E-state index in [-0.39, 0.29) is 12.5 Å². The van der Waals surface area contributed by atoms with E-state index in [2.05, 4.69) is 5.32 Å². The number of carbonyl (C=O) groups is 2. The van der Waals surface area contributed by atoms with Crippen LogP contribution in [0, 0.1) is 0 Å². The summed E-state index contributed by atoms with van der Waals surface area (Å²) in [6.45, 7) is 0.00458. The van der Waals surface area contributed by atoms with Crippen molar-refractivity contribution in [3.05, 3.63) is 65.7 Å². The van der Waals surface area contributed by atoms with Crippen molar-refractivity contribution in [3.8, 4) is 5.75 Å². The summed E-state index contributed by atoms with van der Waals surface area (Å²) < 4.78 is 5.19. The Kier molecular flexibility index (Phi) is 5.56. The number of rotatable bonds is 7. The summed E-state index contributed by atoms with van der Waals surface area (Å²) in [6, 6.07) is 17.1. The minimum atomic E-state index is -1.02. The zero-order valence-electron chi connectivity index (χ0n) is 14.6. The first-order valence-corrected chi connectivity index (χ1v) is 8.87. The molecule has 0 unspecified atom stereocenters. The molecule has 0 aromatic heterocycles. The predicted molar refractivity (Wildman–Crippen MR) is 98.0 cm³/mol. The van der Waals surface area contributed by atoms with Crippen molar-refractivity contribution in [1.82, 2.24) is 5.32 Å². The first-order valence-electron chi connectivity index (χ1n) is 8.87. The number of aliphatic carboxylic acids is 1. The van der Waals surface area contributed by atoms with Crippen molar-refractivity contribution in [2.75, 3.05) is 6.61 Å². The van der Waals surface area contributed by atoms with Gasteiger partial charge in [0.2, 0.25) is 5.91 Å². The van der Waals surface area contributed by atoms with Gasteiger partial charge in [0, 0.05) is 6.54 Å². The number of amides is 1. The second-order valence-corrected chi connectivity index (χ2v) is 6.67. The number of nitrogens with one attached hydrogen (secondary N) is 1. The van der Waals surface area contributed by atoms with Crippen LogP contribution in [-0.2, 0) is 21.5 Å². The third-order valence-electron chi connectivity index (χ3n) is 4.93. The van der Waals surface area contributed by atoms with E-state index in [9.17, 15) is 9.59 Å². The summed E-state index contributed by atoms with van der Waals surface area (Å²) in [5.74, 6) is -0.481. The minimum absolute atomic E-state index is 0.0538. The molecule has 26 heavy (non-hydrogen) atoms. The van der Waals surface area contributed by atoms with E-state index in [0.717, 1.165) is 36.8 Å². The van der Waals surface area contributed by atoms with Crippen LogP contribution in [0.1, 0.15) is 36.8 Å². The van der Waals surface area contributed by atoms with Crippen molar-refractivity contribution in [2.45, 2.75) is 37.6 Å². The zero-order valence-corrected chi connectivity index (χ0v) is 14.6. The molecule has 5 nitrogen and oxygen atoms in total. The lowest BCUT2D eigenvalue weighted by atomic mass is 9.78. The largest absolute Gasteiger partial charge is 0.482 e. The summed E-state index contributed by atoms with van der Waals surface area (Å²) in [5.41, 5.74) is 1.51. The first kappa shape index (κ1) is 18.0. The number of carboxylic acid groups (broad SMARTS) is 1. The number of carbonyl (C=O) groups excluding carboxylic acids is 1. The third-order valence-corrected chi connectivity index (χ3v) is 4.93. The van der Waals surface area contributed by atoms with Crippen LogP contribution in [0.4, 0.5) is 0 Å². The van der Waals surface area contributed by atoms with E-state index < -0.39 is 11.4 Å². The van der Waals surface area contributed by atoms with Gasteiger partial charge in [-0.3, -0.25) is 4.79 Å². The molecule has 5 heteroatoms. The molecule has 0 aliphatic heterocycles. The molecule has 136 valence electrons. The molecule has 1 aliphatic carbocycles. The van der Waals surface area contributed by atoms with Gasteiger partial charge in [0.15, 0.2) is 6.61 Å². The van der Waals surface area contributed by atoms with Gasteiger partial charge in [0.1, 0.15) is 5.75 Å². The maximum atomic E-state index is 13.0. The number of hydrogen-bond donors (Lipinski definition) is 2. The van der Waals surface area contributed by atoms with Gasteiger partial charge in [-0.25, -0.2) is 4.79 Å². The summed E-state index contributed by atoms with van der Waals surface area (Å²) >= 11 is 0. The van der Waals surface area contributed by atoms with Crippen LogP contribution in [-0.4, -0.2) is 23.6 Å². The lowest BCUT2D eigenvalue weighted by Crippen LogP contribution is -2.42. The number of hydrogen-bond acceptors (Lipinski definition) is 3. The second-order valence-electron chi connectivity index (χ2n) is 6.67. The van der Waals surface area contributed by atoms with Crippen LogP contribution >= 0.6 is 0 Å². The van der Waals surface area contributed by atoms with E-state index in [1.54, 1.807) is 18.2 Å². The van der Waals surface area contributed by atoms with E-state index in [1.165, 1.54) is 0 Å². The highest BCUT2D eigenvalue weighted by Gasteiger charge is 2.42. The van der Waals surface area contributed by atoms with E-state index in [1.807, 2.05) is 36.4 Å². The molecule has 0 radical (unpaired) electrons. The minimum Gasteiger partial charge on any atom is -0.482 e. The number of carboxylic acids is 1. The fourth-order valence-corrected chi connectivity index (χ4v) is 3.62. The summed E-state index contributed by atoms with van der Waals surface area (Å²) in [7, 11) is 0. The van der Waals surface area contributed by atoms with E-state index in [4.69, 9.17) is 9.84 Å². The molecule has 0 atom stereocenters. The molecule has 3 rings (SSSR count). The van der Waals surface area contributed by atoms with Gasteiger partial charge in [-0.1, -0.05) is 55.3 Å². The van der Waals surface area contributed by atoms with Crippen molar-refractivity contribution in [1.29, 1.82) is 0 Å². The molecule has 2 N–H and O–H groups in total. The summed E-state index contributed by atoms with van der Waals surface area (Å²) in [5, 5.41) is 11.8. The van der Waals surface area contributed by atoms with Gasteiger partial charge in [-0.15, -0.1) is 0 Å². The molecular weight excluding hydrogens is 330 g/mol. The molecule has 0 spiro atoms. The fourth-order valence-electron chi connectivity index (χ4n) is 3.62. The Balaban J connectivity index is 1.68. The Bertz CT molecular complexity index is 767. The fraction of sp³-hybridized carbons (Fsp3) is 0.333. The van der Waals surface area contributed by atoms with Crippen LogP contribution in [0.15, 0.2) is 54.6 Å². The van der Waals surface area contributed by atoms with Crippen LogP contribution in [0.5, 0.6) is 5.75 Å². The lowest BCUT2D eigenvalue weighted by molar-refractivity contribution is -0.139. The molecule has 1 fully saturated rings. The van der Waals surface area contributed by atoms with Gasteiger partial charge >= 0.3 is 5.97 Å². The maximum Gasteiger partial charge on any atom is 0.341 e. The van der Waals surface area contributed by atoms with Gasteiger partial charge in [-0.05, 0) is 36.1 Å². The molecule has 1 saturated carbocycles. The standard InChI is InChI=1S/C21H23NO4/c23-19(24)15-26-18-10-6-7-16(13-18)14-22-20(25)21(11-4-5-12-21)17-8-2-1-3-9-17/h1-3,6-10,13H,4-5,11-12,14-15H2,(H,22,25)(H,23,24). The quantitative estimate of drug-likeness (QED) is 0.801. The molecular formula is C21H23NO4. The van der Waals surface area contributed by atoms with Crippen LogP contribution in [0.25, 0.3) is 0 Å². The zero-order chi connectivity index (χ0) is 18.4. The SMILES string of the molecule is O=C(O)COc1cccc(CNC(=O)C2(c3ccccc3)CCCC2)c1. The highest BCUT2D eigenvalue weighted by molar-refractivity contribution is 5.88. The molecule has 2 aromatic rings. The average molecular weight is 353 g/mol. The Hall–Kier alpha value is -2.82. The average Bonchev–Trinajstić information content (AvgIpc) is 3.17. The summed E-state index contributed by atoms with van der Waals surface area (Å²) in [4.78, 5) is 23.6. The molecule has 0 bridgehead atoms. The Labute approximate surface area is 153 Å². The van der Waals surface area contributed by atoms with Crippen LogP contribution in [0.3, 0.4) is 0 Å². The van der Waals surface area contributed by atoms with Crippen molar-refractivity contribution in [2.24, 2.45) is 0 Å². The van der Waals surface area contributed by atoms with E-state index in [0.29, 0.717) is 12.3 Å². The van der Waals surface area contributed by atoms with Crippen molar-refractivity contribution < 1.29 is 19.4 Å². The molecule has 1 aliphatic rings. The Morgan fingerprint density at radius 3 is 2.46 bits per heavy atom. The predicted octanol–water partition coefficient (Wildman–Crippen LogP) is 3.28. The van der Waals surface area contributed by atoms with Gasteiger partial charge < -0.3 is 15.2 Å². The van der Waals surface area contributed by atoms with Crippen molar-refractivity contribution in [3.63, 3.8) is 0 Å². The Morgan fingerprint density at radius 2 is 1.77 bits per heavy atom. The molecule has 0 heterocycles. The molecule has 1 amide bonds. The lowest BCUT2D eigenvalue weighted by Gasteiger charge is -2.28. The smallest absolute Gasteiger partial charge is 0.341 e. The third kappa shape index (κ3) is 4.04. The number of benzene rings is 2. The highest BCUT2D eigenvalue weighted by atomic mass is 16.5. The van der Waals surface area contributed by atoms with Gasteiger partial charge in [0.05, 0.1) is 5.41 Å². The maximum absolute atomic E-state index is 13.0. The van der Waals surface area contributed by atoms with Gasteiger partial charge in [-0.2, -0.15) is 0 Å². The van der Waals surface area contributed by atoms with Crippen LogP contribution in [0.2, 0.25) is 0 Å². The summed E-state index contributed by atoms with van der Waals surface area (Å²) in [6.07, 6.45) is 3.84. The number of ether oxygens (including phenoxy) is 1. The highest BCUT2D eigenvalue weighted by Crippen LogP contribution is 2.41.